The smallest absolute Gasteiger partial charge is 0.269 e. The van der Waals surface area contributed by atoms with E-state index in [2.05, 4.69) is 24.3 Å². The monoisotopic (exact) mass is 385 g/mol. The van der Waals surface area contributed by atoms with Crippen molar-refractivity contribution in [3.8, 4) is 5.75 Å². The molecule has 0 aliphatic heterocycles. The van der Waals surface area contributed by atoms with Crippen LogP contribution in [0.25, 0.3) is 24.3 Å². The van der Waals surface area contributed by atoms with Gasteiger partial charge in [-0.3, -0.25) is 10.1 Å². The highest BCUT2D eigenvalue weighted by Gasteiger charge is 2.02. The Labute approximate surface area is 170 Å². The molecule has 4 heteroatoms. The van der Waals surface area contributed by atoms with E-state index in [1.807, 2.05) is 62.4 Å². The Morgan fingerprint density at radius 1 is 0.690 bits per heavy atom. The largest absolute Gasteiger partial charge is 0.491 e. The Kier molecular flexibility index (Phi) is 6.59. The first-order valence-electron chi connectivity index (χ1n) is 9.47. The van der Waals surface area contributed by atoms with Crippen molar-refractivity contribution >= 4 is 30.0 Å². The summed E-state index contributed by atoms with van der Waals surface area (Å²) in [5.74, 6) is 0.876. The van der Waals surface area contributed by atoms with Gasteiger partial charge in [0.15, 0.2) is 0 Å². The zero-order chi connectivity index (χ0) is 20.6. The topological polar surface area (TPSA) is 52.4 Å². The van der Waals surface area contributed by atoms with Crippen LogP contribution in [0.15, 0.2) is 72.8 Å². The van der Waals surface area contributed by atoms with Gasteiger partial charge in [-0.25, -0.2) is 0 Å². The summed E-state index contributed by atoms with van der Waals surface area (Å²) >= 11 is 0. The molecule has 3 rings (SSSR count). The molecule has 0 saturated carbocycles. The van der Waals surface area contributed by atoms with Gasteiger partial charge < -0.3 is 4.74 Å². The van der Waals surface area contributed by atoms with Crippen LogP contribution in [-0.4, -0.2) is 11.0 Å². The lowest BCUT2D eigenvalue weighted by Crippen LogP contribution is -2.05. The minimum atomic E-state index is -0.395. The lowest BCUT2D eigenvalue weighted by molar-refractivity contribution is -0.384. The standard InChI is InChI=1S/C25H23NO3/c1-19(2)29-25-17-13-23(14-18-25)10-8-21-5-3-20(4-6-21)7-9-22-11-15-24(16-12-22)26(27)28/h3-19H,1-2H3/b9-7+,10-8+. The first-order chi connectivity index (χ1) is 14.0. The highest BCUT2D eigenvalue weighted by atomic mass is 16.6. The van der Waals surface area contributed by atoms with E-state index in [1.165, 1.54) is 12.1 Å². The van der Waals surface area contributed by atoms with Crippen LogP contribution in [0.5, 0.6) is 5.75 Å². The molecule has 0 spiro atoms. The summed E-state index contributed by atoms with van der Waals surface area (Å²) < 4.78 is 5.66. The van der Waals surface area contributed by atoms with Crippen LogP contribution >= 0.6 is 0 Å². The fraction of sp³-hybridized carbons (Fsp3) is 0.120. The number of nitrogens with zero attached hydrogens (tertiary/aromatic N) is 1. The van der Waals surface area contributed by atoms with Gasteiger partial charge in [-0.05, 0) is 60.4 Å². The molecule has 0 bridgehead atoms. The van der Waals surface area contributed by atoms with Gasteiger partial charge in [0.05, 0.1) is 11.0 Å². The summed E-state index contributed by atoms with van der Waals surface area (Å²) in [6, 6.07) is 22.7. The van der Waals surface area contributed by atoms with Gasteiger partial charge in [0.1, 0.15) is 5.75 Å². The van der Waals surface area contributed by atoms with E-state index in [4.69, 9.17) is 4.74 Å². The van der Waals surface area contributed by atoms with Crippen LogP contribution in [0.1, 0.15) is 36.1 Å². The summed E-state index contributed by atoms with van der Waals surface area (Å²) in [5.41, 5.74) is 4.31. The van der Waals surface area contributed by atoms with Crippen molar-refractivity contribution in [2.24, 2.45) is 0 Å². The van der Waals surface area contributed by atoms with Crippen LogP contribution in [0.3, 0.4) is 0 Å². The predicted molar refractivity (Wildman–Crippen MR) is 120 cm³/mol. The normalized spacial score (nSPS) is 11.4. The summed E-state index contributed by atoms with van der Waals surface area (Å²) in [5, 5.41) is 10.7. The number of nitro benzene ring substituents is 1. The second-order valence-electron chi connectivity index (χ2n) is 6.92. The number of ether oxygens (including phenoxy) is 1. The van der Waals surface area contributed by atoms with Crippen LogP contribution in [0, 0.1) is 10.1 Å². The first-order valence-corrected chi connectivity index (χ1v) is 9.47. The predicted octanol–water partition coefficient (Wildman–Crippen LogP) is 6.72. The van der Waals surface area contributed by atoms with Crippen molar-refractivity contribution in [2.45, 2.75) is 20.0 Å². The molecule has 0 fully saturated rings. The van der Waals surface area contributed by atoms with Gasteiger partial charge in [-0.1, -0.05) is 60.7 Å². The molecule has 0 unspecified atom stereocenters. The Balaban J connectivity index is 1.60. The molecule has 0 amide bonds. The van der Waals surface area contributed by atoms with Crippen molar-refractivity contribution in [3.05, 3.63) is 105 Å². The lowest BCUT2D eigenvalue weighted by Gasteiger charge is -2.09. The van der Waals surface area contributed by atoms with Gasteiger partial charge in [0.2, 0.25) is 0 Å². The van der Waals surface area contributed by atoms with Gasteiger partial charge in [0, 0.05) is 12.1 Å². The van der Waals surface area contributed by atoms with E-state index in [9.17, 15) is 10.1 Å². The zero-order valence-corrected chi connectivity index (χ0v) is 16.5. The average Bonchev–Trinajstić information content (AvgIpc) is 2.72. The van der Waals surface area contributed by atoms with Crippen LogP contribution < -0.4 is 4.74 Å². The average molecular weight is 385 g/mol. The quantitative estimate of drug-likeness (QED) is 0.258. The molecule has 3 aromatic carbocycles. The van der Waals surface area contributed by atoms with Gasteiger partial charge >= 0.3 is 0 Å². The van der Waals surface area contributed by atoms with Crippen molar-refractivity contribution < 1.29 is 9.66 Å². The van der Waals surface area contributed by atoms with Crippen molar-refractivity contribution in [1.29, 1.82) is 0 Å². The van der Waals surface area contributed by atoms with Crippen molar-refractivity contribution in [1.82, 2.24) is 0 Å². The van der Waals surface area contributed by atoms with E-state index in [-0.39, 0.29) is 11.8 Å². The molecule has 0 aromatic heterocycles. The number of nitro groups is 1. The Morgan fingerprint density at radius 2 is 1.03 bits per heavy atom. The summed E-state index contributed by atoms with van der Waals surface area (Å²) in [6.07, 6.45) is 8.24. The van der Waals surface area contributed by atoms with Crippen LogP contribution in [0.4, 0.5) is 5.69 Å². The molecule has 146 valence electrons. The zero-order valence-electron chi connectivity index (χ0n) is 16.5. The number of hydrogen-bond donors (Lipinski definition) is 0. The fourth-order valence-electron chi connectivity index (χ4n) is 2.74. The third-order valence-corrected chi connectivity index (χ3v) is 4.23. The number of hydrogen-bond acceptors (Lipinski definition) is 3. The van der Waals surface area contributed by atoms with E-state index in [0.29, 0.717) is 0 Å². The molecule has 0 aliphatic carbocycles. The van der Waals surface area contributed by atoms with Gasteiger partial charge in [0.25, 0.3) is 5.69 Å². The third-order valence-electron chi connectivity index (χ3n) is 4.23. The highest BCUT2D eigenvalue weighted by Crippen LogP contribution is 2.17. The summed E-state index contributed by atoms with van der Waals surface area (Å²) in [4.78, 5) is 10.3. The molecule has 29 heavy (non-hydrogen) atoms. The third kappa shape index (κ3) is 6.18. The van der Waals surface area contributed by atoms with E-state index in [1.54, 1.807) is 12.1 Å². The SMILES string of the molecule is CC(C)Oc1ccc(/C=C/c2ccc(/C=C/c3ccc([N+](=O)[O-])cc3)cc2)cc1. The molecule has 0 heterocycles. The minimum absolute atomic E-state index is 0.0976. The molecule has 0 aliphatic rings. The molecule has 0 saturated heterocycles. The fourth-order valence-corrected chi connectivity index (χ4v) is 2.74. The molecular formula is C25H23NO3. The van der Waals surface area contributed by atoms with Gasteiger partial charge in [-0.15, -0.1) is 0 Å². The maximum atomic E-state index is 10.7. The molecule has 0 N–H and O–H groups in total. The van der Waals surface area contributed by atoms with Crippen LogP contribution in [0.2, 0.25) is 0 Å². The maximum absolute atomic E-state index is 10.7. The van der Waals surface area contributed by atoms with Crippen LogP contribution in [-0.2, 0) is 0 Å². The lowest BCUT2D eigenvalue weighted by atomic mass is 10.1. The van der Waals surface area contributed by atoms with E-state index >= 15 is 0 Å². The minimum Gasteiger partial charge on any atom is -0.491 e. The van der Waals surface area contributed by atoms with Crippen molar-refractivity contribution in [3.63, 3.8) is 0 Å². The first kappa shape index (κ1) is 20.1. The Bertz CT molecular complexity index is 999. The summed E-state index contributed by atoms with van der Waals surface area (Å²) in [7, 11) is 0. The highest BCUT2D eigenvalue weighted by molar-refractivity contribution is 5.73. The maximum Gasteiger partial charge on any atom is 0.269 e. The van der Waals surface area contributed by atoms with E-state index < -0.39 is 4.92 Å². The summed E-state index contributed by atoms with van der Waals surface area (Å²) in [6.45, 7) is 4.02. The Morgan fingerprint density at radius 3 is 1.38 bits per heavy atom. The molecule has 0 radical (unpaired) electrons. The number of non-ortho nitro benzene ring substituents is 1. The molecule has 4 nitrogen and oxygen atoms in total. The second kappa shape index (κ2) is 9.51. The molecule has 0 atom stereocenters. The number of rotatable bonds is 7. The molecule has 3 aromatic rings. The second-order valence-corrected chi connectivity index (χ2v) is 6.92. The Hall–Kier alpha value is -3.66. The van der Waals surface area contributed by atoms with Crippen molar-refractivity contribution in [2.75, 3.05) is 0 Å². The molecular weight excluding hydrogens is 362 g/mol. The number of benzene rings is 3. The van der Waals surface area contributed by atoms with E-state index in [0.717, 1.165) is 28.0 Å². The van der Waals surface area contributed by atoms with Gasteiger partial charge in [-0.2, -0.15) is 0 Å².